The first-order chi connectivity index (χ1) is 10.3. The molecule has 8 heteroatoms. The summed E-state index contributed by atoms with van der Waals surface area (Å²) < 4.78 is 34.6. The molecular formula is C14H17NO6S. The summed E-state index contributed by atoms with van der Waals surface area (Å²) in [5.74, 6) is -1.50. The summed E-state index contributed by atoms with van der Waals surface area (Å²) in [6.45, 7) is 1.26. The lowest BCUT2D eigenvalue weighted by molar-refractivity contribution is -0.140. The van der Waals surface area contributed by atoms with Gasteiger partial charge in [-0.1, -0.05) is 17.7 Å². The molecule has 0 aromatic heterocycles. The molecule has 1 aromatic rings. The van der Waals surface area contributed by atoms with Crippen molar-refractivity contribution in [1.82, 2.24) is 4.31 Å². The van der Waals surface area contributed by atoms with Crippen LogP contribution in [0.3, 0.4) is 0 Å². The number of esters is 2. The van der Waals surface area contributed by atoms with Crippen LogP contribution < -0.4 is 0 Å². The van der Waals surface area contributed by atoms with Crippen molar-refractivity contribution in [2.24, 2.45) is 0 Å². The van der Waals surface area contributed by atoms with Crippen molar-refractivity contribution in [2.45, 2.75) is 11.8 Å². The summed E-state index contributed by atoms with van der Waals surface area (Å²) in [5.41, 5.74) is 0.892. The Balaban J connectivity index is 3.17. The maximum absolute atomic E-state index is 12.5. The predicted molar refractivity (Wildman–Crippen MR) is 78.2 cm³/mol. The van der Waals surface area contributed by atoms with E-state index in [2.05, 4.69) is 9.47 Å². The topological polar surface area (TPSA) is 90.0 Å². The molecule has 0 aliphatic heterocycles. The van der Waals surface area contributed by atoms with Gasteiger partial charge in [0.1, 0.15) is 6.54 Å². The van der Waals surface area contributed by atoms with E-state index in [9.17, 15) is 18.0 Å². The van der Waals surface area contributed by atoms with Gasteiger partial charge in [-0.25, -0.2) is 13.2 Å². The van der Waals surface area contributed by atoms with Crippen LogP contribution in [0.4, 0.5) is 0 Å². The number of aryl methyl sites for hydroxylation is 1. The van der Waals surface area contributed by atoms with Crippen molar-refractivity contribution in [3.8, 4) is 0 Å². The van der Waals surface area contributed by atoms with Crippen molar-refractivity contribution in [1.29, 1.82) is 0 Å². The lowest BCUT2D eigenvalue weighted by Gasteiger charge is -2.19. The summed E-state index contributed by atoms with van der Waals surface area (Å²) in [7, 11) is -1.69. The summed E-state index contributed by atoms with van der Waals surface area (Å²) >= 11 is 0. The van der Waals surface area contributed by atoms with Gasteiger partial charge in [0.25, 0.3) is 10.0 Å². The second kappa shape index (κ2) is 7.60. The Morgan fingerprint density at radius 2 is 1.73 bits per heavy atom. The van der Waals surface area contributed by atoms with Gasteiger partial charge < -0.3 is 9.47 Å². The number of hydrogen-bond acceptors (Lipinski definition) is 6. The molecule has 0 amide bonds. The van der Waals surface area contributed by atoms with E-state index in [0.29, 0.717) is 0 Å². The van der Waals surface area contributed by atoms with Gasteiger partial charge in [-0.05, 0) is 19.1 Å². The summed E-state index contributed by atoms with van der Waals surface area (Å²) in [5, 5.41) is 0. The van der Waals surface area contributed by atoms with Crippen LogP contribution in [0.2, 0.25) is 0 Å². The van der Waals surface area contributed by atoms with Crippen LogP contribution in [-0.4, -0.2) is 45.4 Å². The van der Waals surface area contributed by atoms with Gasteiger partial charge in [0.15, 0.2) is 0 Å². The molecule has 0 aliphatic carbocycles. The van der Waals surface area contributed by atoms with E-state index >= 15 is 0 Å². The number of sulfonamides is 1. The molecule has 0 atom stereocenters. The smallest absolute Gasteiger partial charge is 0.331 e. The Bertz CT molecular complexity index is 663. The Kier molecular flexibility index (Phi) is 6.11. The largest absolute Gasteiger partial charge is 0.468 e. The first kappa shape index (κ1) is 17.7. The molecule has 0 bridgehead atoms. The quantitative estimate of drug-likeness (QED) is 0.568. The van der Waals surface area contributed by atoms with Crippen LogP contribution in [-0.2, 0) is 29.1 Å². The van der Waals surface area contributed by atoms with Gasteiger partial charge in [-0.15, -0.1) is 0 Å². The minimum Gasteiger partial charge on any atom is -0.468 e. The molecule has 1 aromatic carbocycles. The fourth-order valence-corrected chi connectivity index (χ4v) is 2.71. The molecule has 0 N–H and O–H groups in total. The molecule has 0 spiro atoms. The molecule has 0 radical (unpaired) electrons. The molecule has 0 saturated carbocycles. The van der Waals surface area contributed by atoms with E-state index in [1.54, 1.807) is 12.1 Å². The molecular weight excluding hydrogens is 310 g/mol. The molecule has 0 unspecified atom stereocenters. The lowest BCUT2D eigenvalue weighted by Crippen LogP contribution is -2.32. The van der Waals surface area contributed by atoms with E-state index < -0.39 is 28.5 Å². The summed E-state index contributed by atoms with van der Waals surface area (Å²) in [6, 6.07) is 6.10. The minimum absolute atomic E-state index is 0.00322. The molecule has 0 heterocycles. The molecule has 0 fully saturated rings. The fraction of sp³-hybridized carbons (Fsp3) is 0.286. The summed E-state index contributed by atoms with van der Waals surface area (Å²) in [6.07, 6.45) is 1.88. The Morgan fingerprint density at radius 3 is 2.23 bits per heavy atom. The highest BCUT2D eigenvalue weighted by atomic mass is 32.2. The zero-order chi connectivity index (χ0) is 16.8. The van der Waals surface area contributed by atoms with Gasteiger partial charge in [0, 0.05) is 12.3 Å². The number of carbonyl (C=O) groups excluding carboxylic acids is 2. The number of methoxy groups -OCH3 is 2. The van der Waals surface area contributed by atoms with E-state index in [0.717, 1.165) is 36.4 Å². The van der Waals surface area contributed by atoms with Gasteiger partial charge in [-0.2, -0.15) is 0 Å². The van der Waals surface area contributed by atoms with Crippen molar-refractivity contribution in [2.75, 3.05) is 20.8 Å². The molecule has 0 aliphatic rings. The normalized spacial score (nSPS) is 11.2. The van der Waals surface area contributed by atoms with Crippen LogP contribution in [0, 0.1) is 6.92 Å². The predicted octanol–water partition coefficient (Wildman–Crippen LogP) is 0.845. The number of benzene rings is 1. The molecule has 1 rings (SSSR count). The highest BCUT2D eigenvalue weighted by Gasteiger charge is 2.24. The van der Waals surface area contributed by atoms with Crippen LogP contribution in [0.15, 0.2) is 41.4 Å². The van der Waals surface area contributed by atoms with Crippen molar-refractivity contribution in [3.05, 3.63) is 42.1 Å². The second-order valence-corrected chi connectivity index (χ2v) is 6.17. The lowest BCUT2D eigenvalue weighted by atomic mass is 10.2. The average molecular weight is 327 g/mol. The first-order valence-electron chi connectivity index (χ1n) is 6.22. The number of nitrogens with zero attached hydrogens (tertiary/aromatic N) is 1. The monoisotopic (exact) mass is 327 g/mol. The Morgan fingerprint density at radius 1 is 1.14 bits per heavy atom. The van der Waals surface area contributed by atoms with E-state index in [1.165, 1.54) is 12.1 Å². The van der Waals surface area contributed by atoms with E-state index in [4.69, 9.17) is 0 Å². The maximum Gasteiger partial charge on any atom is 0.331 e. The van der Waals surface area contributed by atoms with Crippen molar-refractivity contribution >= 4 is 22.0 Å². The van der Waals surface area contributed by atoms with Crippen LogP contribution in [0.25, 0.3) is 0 Å². The van der Waals surface area contributed by atoms with Crippen molar-refractivity contribution < 1.29 is 27.5 Å². The zero-order valence-electron chi connectivity index (χ0n) is 12.5. The van der Waals surface area contributed by atoms with E-state index in [-0.39, 0.29) is 4.90 Å². The average Bonchev–Trinajstić information content (AvgIpc) is 2.50. The van der Waals surface area contributed by atoms with Gasteiger partial charge >= 0.3 is 11.9 Å². The highest BCUT2D eigenvalue weighted by Crippen LogP contribution is 2.17. The van der Waals surface area contributed by atoms with Crippen LogP contribution in [0.1, 0.15) is 5.56 Å². The number of ether oxygens (including phenoxy) is 2. The third-order valence-electron chi connectivity index (χ3n) is 2.72. The fourth-order valence-electron chi connectivity index (χ4n) is 1.47. The van der Waals surface area contributed by atoms with E-state index in [1.807, 2.05) is 6.92 Å². The number of rotatable bonds is 6. The molecule has 22 heavy (non-hydrogen) atoms. The van der Waals surface area contributed by atoms with Crippen LogP contribution >= 0.6 is 0 Å². The SMILES string of the molecule is COC(=O)/C=C/N(CC(=O)OC)S(=O)(=O)c1ccc(C)cc1. The third kappa shape index (κ3) is 4.59. The number of carbonyl (C=O) groups is 2. The summed E-state index contributed by atoms with van der Waals surface area (Å²) in [4.78, 5) is 22.5. The first-order valence-corrected chi connectivity index (χ1v) is 7.66. The standard InChI is InChI=1S/C14H17NO6S/c1-11-4-6-12(7-5-11)22(18,19)15(10-14(17)21-3)9-8-13(16)20-2/h4-9H,10H2,1-3H3/b9-8+. The third-order valence-corrected chi connectivity index (χ3v) is 4.45. The van der Waals surface area contributed by atoms with Crippen molar-refractivity contribution in [3.63, 3.8) is 0 Å². The number of hydrogen-bond donors (Lipinski definition) is 0. The molecule has 120 valence electrons. The van der Waals surface area contributed by atoms with Gasteiger partial charge in [0.2, 0.25) is 0 Å². The molecule has 0 saturated heterocycles. The van der Waals surface area contributed by atoms with Gasteiger partial charge in [0.05, 0.1) is 19.1 Å². The van der Waals surface area contributed by atoms with Crippen LogP contribution in [0.5, 0.6) is 0 Å². The van der Waals surface area contributed by atoms with Gasteiger partial charge in [-0.3, -0.25) is 9.10 Å². The minimum atomic E-state index is -3.99. The Hall–Kier alpha value is -2.35. The maximum atomic E-state index is 12.5. The Labute approximate surface area is 129 Å². The second-order valence-electron chi connectivity index (χ2n) is 4.28. The highest BCUT2D eigenvalue weighted by molar-refractivity contribution is 7.89. The molecule has 7 nitrogen and oxygen atoms in total. The zero-order valence-corrected chi connectivity index (χ0v) is 13.3.